The van der Waals surface area contributed by atoms with Crippen molar-refractivity contribution in [2.75, 3.05) is 16.8 Å². The maximum absolute atomic E-state index is 5.62. The van der Waals surface area contributed by atoms with Gasteiger partial charge in [-0.2, -0.15) is 0 Å². The molecular weight excluding hydrogens is 276 g/mol. The average Bonchev–Trinajstić information content (AvgIpc) is 2.46. The molecule has 108 valence electrons. The smallest absolute Gasteiger partial charge is 0.177 e. The standard InChI is InChI=1S/C18H20N2S/c1-13-5-3-7-16(12-13)19-18(21)20-10-4-6-15-11-14(2)8-9-17(15)20/h3,5,7-9,11-12H,4,6,10H2,1-2H3,(H,19,21). The zero-order chi connectivity index (χ0) is 14.8. The van der Waals surface area contributed by atoms with E-state index in [2.05, 4.69) is 60.5 Å². The SMILES string of the molecule is Cc1cccc(NC(=S)N2CCCc3cc(C)ccc32)c1. The molecule has 0 bridgehead atoms. The first-order valence-corrected chi connectivity index (χ1v) is 7.79. The van der Waals surface area contributed by atoms with Crippen molar-refractivity contribution in [3.8, 4) is 0 Å². The Kier molecular flexibility index (Phi) is 3.93. The molecule has 3 heteroatoms. The van der Waals surface area contributed by atoms with E-state index in [0.717, 1.165) is 30.2 Å². The number of nitrogens with zero attached hydrogens (tertiary/aromatic N) is 1. The van der Waals surface area contributed by atoms with Crippen molar-refractivity contribution in [2.45, 2.75) is 26.7 Å². The fourth-order valence-electron chi connectivity index (χ4n) is 2.85. The summed E-state index contributed by atoms with van der Waals surface area (Å²) >= 11 is 5.62. The zero-order valence-electron chi connectivity index (χ0n) is 12.5. The van der Waals surface area contributed by atoms with Crippen molar-refractivity contribution < 1.29 is 0 Å². The quantitative estimate of drug-likeness (QED) is 0.783. The molecule has 2 aromatic carbocycles. The Morgan fingerprint density at radius 3 is 2.71 bits per heavy atom. The molecule has 0 aliphatic carbocycles. The summed E-state index contributed by atoms with van der Waals surface area (Å²) in [5.74, 6) is 0. The Labute approximate surface area is 131 Å². The van der Waals surface area contributed by atoms with Gasteiger partial charge in [-0.3, -0.25) is 0 Å². The molecule has 0 saturated carbocycles. The van der Waals surface area contributed by atoms with Gasteiger partial charge in [0, 0.05) is 17.9 Å². The van der Waals surface area contributed by atoms with Gasteiger partial charge in [0.15, 0.2) is 5.11 Å². The van der Waals surface area contributed by atoms with Crippen LogP contribution in [-0.2, 0) is 6.42 Å². The largest absolute Gasteiger partial charge is 0.332 e. The van der Waals surface area contributed by atoms with Gasteiger partial charge in [0.1, 0.15) is 0 Å². The fraction of sp³-hybridized carbons (Fsp3) is 0.278. The summed E-state index contributed by atoms with van der Waals surface area (Å²) in [6, 6.07) is 14.9. The van der Waals surface area contributed by atoms with E-state index in [1.54, 1.807) is 0 Å². The monoisotopic (exact) mass is 296 g/mol. The van der Waals surface area contributed by atoms with Gasteiger partial charge >= 0.3 is 0 Å². The molecule has 21 heavy (non-hydrogen) atoms. The van der Waals surface area contributed by atoms with Crippen LogP contribution in [0.25, 0.3) is 0 Å². The number of hydrogen-bond acceptors (Lipinski definition) is 1. The van der Waals surface area contributed by atoms with E-state index < -0.39 is 0 Å². The van der Waals surface area contributed by atoms with Crippen molar-refractivity contribution in [1.29, 1.82) is 0 Å². The summed E-state index contributed by atoms with van der Waals surface area (Å²) < 4.78 is 0. The summed E-state index contributed by atoms with van der Waals surface area (Å²) in [5.41, 5.74) is 6.25. The second-order valence-corrected chi connectivity index (χ2v) is 6.07. The van der Waals surface area contributed by atoms with E-state index in [9.17, 15) is 0 Å². The summed E-state index contributed by atoms with van der Waals surface area (Å²) in [5, 5.41) is 4.15. The second-order valence-electron chi connectivity index (χ2n) is 5.69. The first-order chi connectivity index (χ1) is 10.1. The highest BCUT2D eigenvalue weighted by Gasteiger charge is 2.20. The molecule has 0 saturated heterocycles. The van der Waals surface area contributed by atoms with Gasteiger partial charge in [-0.05, 0) is 68.2 Å². The first kappa shape index (κ1) is 14.1. The molecule has 1 aliphatic heterocycles. The van der Waals surface area contributed by atoms with Crippen molar-refractivity contribution >= 4 is 28.7 Å². The minimum atomic E-state index is 0.783. The van der Waals surface area contributed by atoms with Gasteiger partial charge in [0.2, 0.25) is 0 Å². The molecule has 0 amide bonds. The first-order valence-electron chi connectivity index (χ1n) is 7.38. The molecule has 0 aromatic heterocycles. The summed E-state index contributed by atoms with van der Waals surface area (Å²) in [6.45, 7) is 5.21. The summed E-state index contributed by atoms with van der Waals surface area (Å²) in [7, 11) is 0. The summed E-state index contributed by atoms with van der Waals surface area (Å²) in [4.78, 5) is 2.22. The number of anilines is 2. The van der Waals surface area contributed by atoms with E-state index in [1.807, 2.05) is 6.07 Å². The van der Waals surface area contributed by atoms with Crippen LogP contribution >= 0.6 is 12.2 Å². The molecular formula is C18H20N2S. The maximum Gasteiger partial charge on any atom is 0.177 e. The van der Waals surface area contributed by atoms with E-state index in [1.165, 1.54) is 22.4 Å². The molecule has 1 N–H and O–H groups in total. The normalized spacial score (nSPS) is 13.7. The Morgan fingerprint density at radius 1 is 1.10 bits per heavy atom. The highest BCUT2D eigenvalue weighted by molar-refractivity contribution is 7.80. The Balaban J connectivity index is 1.83. The van der Waals surface area contributed by atoms with Crippen LogP contribution < -0.4 is 10.2 Å². The zero-order valence-corrected chi connectivity index (χ0v) is 13.3. The van der Waals surface area contributed by atoms with E-state index in [0.29, 0.717) is 0 Å². The Hall–Kier alpha value is -1.87. The van der Waals surface area contributed by atoms with E-state index >= 15 is 0 Å². The highest BCUT2D eigenvalue weighted by Crippen LogP contribution is 2.28. The van der Waals surface area contributed by atoms with Crippen LogP contribution in [0.5, 0.6) is 0 Å². The molecule has 2 nitrogen and oxygen atoms in total. The second kappa shape index (κ2) is 5.86. The number of hydrogen-bond donors (Lipinski definition) is 1. The number of thiocarbonyl (C=S) groups is 1. The lowest BCUT2D eigenvalue weighted by atomic mass is 10.00. The van der Waals surface area contributed by atoms with Gasteiger partial charge in [0.25, 0.3) is 0 Å². The third kappa shape index (κ3) is 3.08. The van der Waals surface area contributed by atoms with Crippen LogP contribution in [-0.4, -0.2) is 11.7 Å². The van der Waals surface area contributed by atoms with Gasteiger partial charge in [-0.25, -0.2) is 0 Å². The molecule has 0 atom stereocenters. The topological polar surface area (TPSA) is 15.3 Å². The number of fused-ring (bicyclic) bond motifs is 1. The van der Waals surface area contributed by atoms with Crippen molar-refractivity contribution in [3.05, 3.63) is 59.2 Å². The number of rotatable bonds is 1. The van der Waals surface area contributed by atoms with Crippen molar-refractivity contribution in [1.82, 2.24) is 0 Å². The van der Waals surface area contributed by atoms with Gasteiger partial charge in [0.05, 0.1) is 0 Å². The number of aryl methyl sites for hydroxylation is 3. The van der Waals surface area contributed by atoms with Crippen LogP contribution in [0.2, 0.25) is 0 Å². The molecule has 3 rings (SSSR count). The van der Waals surface area contributed by atoms with Gasteiger partial charge in [-0.1, -0.05) is 29.8 Å². The average molecular weight is 296 g/mol. The van der Waals surface area contributed by atoms with Crippen molar-refractivity contribution in [3.63, 3.8) is 0 Å². The minimum Gasteiger partial charge on any atom is -0.332 e. The predicted molar refractivity (Wildman–Crippen MR) is 94.2 cm³/mol. The molecule has 2 aromatic rings. The lowest BCUT2D eigenvalue weighted by Gasteiger charge is -2.32. The maximum atomic E-state index is 5.62. The third-order valence-electron chi connectivity index (χ3n) is 3.87. The van der Waals surface area contributed by atoms with Crippen LogP contribution in [0, 0.1) is 13.8 Å². The fourth-order valence-corrected chi connectivity index (χ4v) is 3.16. The van der Waals surface area contributed by atoms with Crippen LogP contribution in [0.4, 0.5) is 11.4 Å². The lowest BCUT2D eigenvalue weighted by Crippen LogP contribution is -2.38. The van der Waals surface area contributed by atoms with Gasteiger partial charge < -0.3 is 10.2 Å². The van der Waals surface area contributed by atoms with E-state index in [-0.39, 0.29) is 0 Å². The molecule has 0 spiro atoms. The summed E-state index contributed by atoms with van der Waals surface area (Å²) in [6.07, 6.45) is 2.28. The molecule has 0 fully saturated rings. The Morgan fingerprint density at radius 2 is 1.90 bits per heavy atom. The molecule has 0 radical (unpaired) electrons. The molecule has 0 unspecified atom stereocenters. The van der Waals surface area contributed by atoms with E-state index in [4.69, 9.17) is 12.2 Å². The van der Waals surface area contributed by atoms with Crippen LogP contribution in [0.1, 0.15) is 23.1 Å². The number of nitrogens with one attached hydrogen (secondary N) is 1. The van der Waals surface area contributed by atoms with Gasteiger partial charge in [-0.15, -0.1) is 0 Å². The Bertz CT molecular complexity index is 679. The molecule has 1 aliphatic rings. The van der Waals surface area contributed by atoms with Crippen LogP contribution in [0.15, 0.2) is 42.5 Å². The van der Waals surface area contributed by atoms with Crippen LogP contribution in [0.3, 0.4) is 0 Å². The predicted octanol–water partition coefficient (Wildman–Crippen LogP) is 4.45. The minimum absolute atomic E-state index is 0.783. The highest BCUT2D eigenvalue weighted by atomic mass is 32.1. The molecule has 1 heterocycles. The third-order valence-corrected chi connectivity index (χ3v) is 4.19. The lowest BCUT2D eigenvalue weighted by molar-refractivity contribution is 0.780. The number of benzene rings is 2. The van der Waals surface area contributed by atoms with Crippen molar-refractivity contribution in [2.24, 2.45) is 0 Å².